The van der Waals surface area contributed by atoms with Crippen molar-refractivity contribution >= 4 is 11.6 Å². The molecule has 22 heavy (non-hydrogen) atoms. The fraction of sp³-hybridized carbons (Fsp3) is 0.500. The molecule has 0 saturated heterocycles. The van der Waals surface area contributed by atoms with Crippen LogP contribution >= 0.6 is 0 Å². The standard InChI is InChI=1S/C18H26N2O2/c1-11(2)10-20-14-9-13(16(19)12(3)4)7-8-15(14)22-18(5,6)17(20)21/h7-9,12,16H,1,10,19H2,2-6H3. The number of hydrogen-bond donors (Lipinski definition) is 1. The van der Waals surface area contributed by atoms with E-state index >= 15 is 0 Å². The second-order valence-corrected chi connectivity index (χ2v) is 6.96. The van der Waals surface area contributed by atoms with Crippen LogP contribution in [0.5, 0.6) is 5.75 Å². The number of hydrogen-bond acceptors (Lipinski definition) is 3. The minimum absolute atomic E-state index is 0.0572. The summed E-state index contributed by atoms with van der Waals surface area (Å²) in [5.74, 6) is 0.980. The number of carbonyl (C=O) groups is 1. The third-order valence-electron chi connectivity index (χ3n) is 3.93. The summed E-state index contributed by atoms with van der Waals surface area (Å²) in [6.45, 7) is 14.1. The molecule has 1 aliphatic rings. The zero-order chi connectivity index (χ0) is 16.7. The van der Waals surface area contributed by atoms with Crippen molar-refractivity contribution in [3.05, 3.63) is 35.9 Å². The van der Waals surface area contributed by atoms with Gasteiger partial charge in [-0.3, -0.25) is 4.79 Å². The molecule has 0 fully saturated rings. The Bertz CT molecular complexity index is 605. The number of nitrogens with two attached hydrogens (primary N) is 1. The monoisotopic (exact) mass is 302 g/mol. The fourth-order valence-corrected chi connectivity index (χ4v) is 2.60. The quantitative estimate of drug-likeness (QED) is 0.867. The number of nitrogens with zero attached hydrogens (tertiary/aromatic N) is 1. The Morgan fingerprint density at radius 2 is 2.05 bits per heavy atom. The van der Waals surface area contributed by atoms with Gasteiger partial charge >= 0.3 is 0 Å². The first kappa shape index (κ1) is 16.6. The molecule has 1 atom stereocenters. The van der Waals surface area contributed by atoms with Crippen molar-refractivity contribution in [2.45, 2.75) is 46.3 Å². The molecule has 0 saturated carbocycles. The van der Waals surface area contributed by atoms with Gasteiger partial charge in [-0.2, -0.15) is 0 Å². The second kappa shape index (κ2) is 5.76. The molecule has 2 rings (SSSR count). The molecule has 1 unspecified atom stereocenters. The molecule has 0 aliphatic carbocycles. The molecule has 1 heterocycles. The van der Waals surface area contributed by atoms with Gasteiger partial charge < -0.3 is 15.4 Å². The smallest absolute Gasteiger partial charge is 0.270 e. The Labute approximate surface area is 132 Å². The molecule has 2 N–H and O–H groups in total. The molecule has 1 aromatic rings. The molecule has 0 radical (unpaired) electrons. The van der Waals surface area contributed by atoms with Crippen LogP contribution in [0, 0.1) is 5.92 Å². The first-order valence-electron chi connectivity index (χ1n) is 7.68. The van der Waals surface area contributed by atoms with Gasteiger partial charge in [-0.1, -0.05) is 32.1 Å². The molecule has 0 spiro atoms. The Balaban J connectivity index is 2.51. The predicted octanol–water partition coefficient (Wildman–Crippen LogP) is 3.42. The van der Waals surface area contributed by atoms with Gasteiger partial charge in [-0.05, 0) is 44.4 Å². The van der Waals surface area contributed by atoms with E-state index in [4.69, 9.17) is 10.5 Å². The van der Waals surface area contributed by atoms with Crippen molar-refractivity contribution in [1.82, 2.24) is 0 Å². The fourth-order valence-electron chi connectivity index (χ4n) is 2.60. The maximum atomic E-state index is 12.7. The van der Waals surface area contributed by atoms with Gasteiger partial charge in [-0.15, -0.1) is 0 Å². The SMILES string of the molecule is C=C(C)CN1C(=O)C(C)(C)Oc2ccc(C(N)C(C)C)cc21. The average molecular weight is 302 g/mol. The number of benzene rings is 1. The first-order chi connectivity index (χ1) is 10.1. The molecule has 0 aromatic heterocycles. The van der Waals surface area contributed by atoms with Crippen molar-refractivity contribution in [2.24, 2.45) is 11.7 Å². The highest BCUT2D eigenvalue weighted by Crippen LogP contribution is 2.40. The summed E-state index contributed by atoms with van der Waals surface area (Å²) in [6.07, 6.45) is 0. The summed E-state index contributed by atoms with van der Waals surface area (Å²) >= 11 is 0. The lowest BCUT2D eigenvalue weighted by Gasteiger charge is -2.39. The van der Waals surface area contributed by atoms with Crippen molar-refractivity contribution in [2.75, 3.05) is 11.4 Å². The summed E-state index contributed by atoms with van der Waals surface area (Å²) in [7, 11) is 0. The van der Waals surface area contributed by atoms with Crippen LogP contribution in [0.15, 0.2) is 30.4 Å². The van der Waals surface area contributed by atoms with Crippen molar-refractivity contribution in [3.63, 3.8) is 0 Å². The normalized spacial score (nSPS) is 18.0. The van der Waals surface area contributed by atoms with Gasteiger partial charge in [0.2, 0.25) is 0 Å². The van der Waals surface area contributed by atoms with E-state index in [2.05, 4.69) is 20.4 Å². The summed E-state index contributed by atoms with van der Waals surface area (Å²) < 4.78 is 5.88. The molecular weight excluding hydrogens is 276 g/mol. The van der Waals surface area contributed by atoms with E-state index in [9.17, 15) is 4.79 Å². The Morgan fingerprint density at radius 1 is 1.41 bits per heavy atom. The Hall–Kier alpha value is -1.81. The molecular formula is C18H26N2O2. The number of ether oxygens (including phenoxy) is 1. The minimum Gasteiger partial charge on any atom is -0.476 e. The molecule has 1 aliphatic heterocycles. The lowest BCUT2D eigenvalue weighted by molar-refractivity contribution is -0.132. The zero-order valence-electron chi connectivity index (χ0n) is 14.1. The van der Waals surface area contributed by atoms with E-state index in [1.54, 1.807) is 18.7 Å². The van der Waals surface area contributed by atoms with Crippen LogP contribution in [0.1, 0.15) is 46.2 Å². The third-order valence-corrected chi connectivity index (χ3v) is 3.93. The molecule has 120 valence electrons. The van der Waals surface area contributed by atoms with Crippen molar-refractivity contribution in [1.29, 1.82) is 0 Å². The van der Waals surface area contributed by atoms with Gasteiger partial charge in [0.25, 0.3) is 5.91 Å². The number of anilines is 1. The number of carbonyl (C=O) groups excluding carboxylic acids is 1. The third kappa shape index (κ3) is 3.02. The van der Waals surface area contributed by atoms with E-state index in [1.165, 1.54) is 0 Å². The first-order valence-corrected chi connectivity index (χ1v) is 7.68. The molecule has 1 aromatic carbocycles. The van der Waals surface area contributed by atoms with Crippen LogP contribution in [0.25, 0.3) is 0 Å². The lowest BCUT2D eigenvalue weighted by atomic mass is 9.95. The van der Waals surface area contributed by atoms with Crippen molar-refractivity contribution in [3.8, 4) is 5.75 Å². The van der Waals surface area contributed by atoms with Crippen LogP contribution in [0.3, 0.4) is 0 Å². The molecule has 1 amide bonds. The van der Waals surface area contributed by atoms with Crippen LogP contribution in [-0.4, -0.2) is 18.1 Å². The largest absolute Gasteiger partial charge is 0.476 e. The lowest BCUT2D eigenvalue weighted by Crippen LogP contribution is -2.53. The minimum atomic E-state index is -0.871. The maximum absolute atomic E-state index is 12.7. The Kier molecular flexibility index (Phi) is 4.34. The Morgan fingerprint density at radius 3 is 2.59 bits per heavy atom. The van der Waals surface area contributed by atoms with Gasteiger partial charge in [0.1, 0.15) is 5.75 Å². The number of rotatable bonds is 4. The predicted molar refractivity (Wildman–Crippen MR) is 90.1 cm³/mol. The van der Waals surface area contributed by atoms with Crippen molar-refractivity contribution < 1.29 is 9.53 Å². The van der Waals surface area contributed by atoms with Crippen LogP contribution < -0.4 is 15.4 Å². The summed E-state index contributed by atoms with van der Waals surface area (Å²) in [6, 6.07) is 5.79. The van der Waals surface area contributed by atoms with E-state index in [1.807, 2.05) is 25.1 Å². The summed E-state index contributed by atoms with van der Waals surface area (Å²) in [5, 5.41) is 0. The summed E-state index contributed by atoms with van der Waals surface area (Å²) in [4.78, 5) is 14.4. The highest BCUT2D eigenvalue weighted by molar-refractivity contribution is 6.02. The van der Waals surface area contributed by atoms with E-state index in [0.717, 1.165) is 16.8 Å². The number of amides is 1. The van der Waals surface area contributed by atoms with E-state index in [-0.39, 0.29) is 11.9 Å². The summed E-state index contributed by atoms with van der Waals surface area (Å²) in [5.41, 5.74) is 8.09. The van der Waals surface area contributed by atoms with Crippen LogP contribution in [0.4, 0.5) is 5.69 Å². The van der Waals surface area contributed by atoms with Crippen LogP contribution in [0.2, 0.25) is 0 Å². The van der Waals surface area contributed by atoms with Gasteiger partial charge in [-0.25, -0.2) is 0 Å². The zero-order valence-corrected chi connectivity index (χ0v) is 14.1. The van der Waals surface area contributed by atoms with Gasteiger partial charge in [0.05, 0.1) is 5.69 Å². The van der Waals surface area contributed by atoms with E-state index in [0.29, 0.717) is 18.2 Å². The molecule has 0 bridgehead atoms. The second-order valence-electron chi connectivity index (χ2n) is 6.96. The maximum Gasteiger partial charge on any atom is 0.270 e. The molecule has 4 nitrogen and oxygen atoms in total. The van der Waals surface area contributed by atoms with Crippen LogP contribution in [-0.2, 0) is 4.79 Å². The molecule has 4 heteroatoms. The van der Waals surface area contributed by atoms with E-state index < -0.39 is 5.60 Å². The topological polar surface area (TPSA) is 55.6 Å². The average Bonchev–Trinajstić information content (AvgIpc) is 2.42. The van der Waals surface area contributed by atoms with Gasteiger partial charge in [0.15, 0.2) is 5.60 Å². The number of fused-ring (bicyclic) bond motifs is 1. The van der Waals surface area contributed by atoms with Gasteiger partial charge in [0, 0.05) is 12.6 Å². The highest BCUT2D eigenvalue weighted by atomic mass is 16.5. The highest BCUT2D eigenvalue weighted by Gasteiger charge is 2.41.